The molecule has 21 nitrogen and oxygen atoms in total. The number of aliphatic hydroxyl groups excluding tert-OH is 1. The Morgan fingerprint density at radius 2 is 1.08 bits per heavy atom. The summed E-state index contributed by atoms with van der Waals surface area (Å²) in [6.45, 7) is 30.7. The molecule has 0 aromatic heterocycles. The summed E-state index contributed by atoms with van der Waals surface area (Å²) in [5.74, 6) is -3.54. The van der Waals surface area contributed by atoms with Crippen LogP contribution >= 0.6 is 34.8 Å². The summed E-state index contributed by atoms with van der Waals surface area (Å²) in [6.07, 6.45) is 5.27. The number of rotatable bonds is 22. The molecule has 2 fully saturated rings. The van der Waals surface area contributed by atoms with Crippen molar-refractivity contribution in [3.63, 3.8) is 0 Å². The van der Waals surface area contributed by atoms with Crippen molar-refractivity contribution in [2.24, 2.45) is 11.8 Å². The summed E-state index contributed by atoms with van der Waals surface area (Å²) in [5.41, 5.74) is 8.13. The molecule has 2 aromatic carbocycles. The van der Waals surface area contributed by atoms with Crippen molar-refractivity contribution in [1.29, 1.82) is 0 Å². The number of carbonyl (C=O) groups is 8. The van der Waals surface area contributed by atoms with Gasteiger partial charge in [-0.1, -0.05) is 134 Å². The fraction of sp³-hybridized carbons (Fsp3) is 0.607. The average Bonchev–Trinajstić information content (AvgIpc) is 1.75. The quantitative estimate of drug-likeness (QED) is 0.0262. The third kappa shape index (κ3) is 31.3. The van der Waals surface area contributed by atoms with Gasteiger partial charge < -0.3 is 46.7 Å². The Balaban J connectivity index is 0.00000154. The van der Waals surface area contributed by atoms with Gasteiger partial charge in [-0.05, 0) is 117 Å². The fourth-order valence-corrected chi connectivity index (χ4v) is 8.69. The molecule has 0 saturated carbocycles. The third-order valence-corrected chi connectivity index (χ3v) is 12.8. The Morgan fingerprint density at radius 3 is 1.41 bits per heavy atom. The van der Waals surface area contributed by atoms with Gasteiger partial charge in [0.2, 0.25) is 15.6 Å². The summed E-state index contributed by atoms with van der Waals surface area (Å²) >= 11 is 17.0. The number of aryl methyl sites for hydroxylation is 2. The molecule has 2 aromatic rings. The SMILES string of the molecule is C=CCCO.C=CC[C@@H](C)OC(=O)[C@@H]1CCCN(C(=O)[C@H](Cc2cccc(C)c2)NC(=O)[C@@H](NC(=O)OC(C)(C)C)C(C)C)N1.Cc1cccc(C[C@H](NC(=O)[C@@H](NC(=O)OC(C)(C)C)C(C)C)C(=O)N2CCC[C@@H](C(=O)OCC(Cl)(Cl)Cl)N2)c1.[H-].[Na+]. The van der Waals surface area contributed by atoms with Gasteiger partial charge in [-0.2, -0.15) is 0 Å². The van der Waals surface area contributed by atoms with Gasteiger partial charge in [0, 0.05) is 39.0 Å². The summed E-state index contributed by atoms with van der Waals surface area (Å²) in [6, 6.07) is 9.92. The van der Waals surface area contributed by atoms with Crippen molar-refractivity contribution in [3.05, 3.63) is 96.1 Å². The molecule has 7 N–H and O–H groups in total. The zero-order valence-corrected chi connectivity index (χ0v) is 57.0. The van der Waals surface area contributed by atoms with Gasteiger partial charge >= 0.3 is 53.7 Å². The Kier molecular flexibility index (Phi) is 35.3. The standard InChI is InChI=1S/C30H46N4O6.C27H39Cl3N4O6.C4H8O.Na.H/c1-9-12-21(5)39-28(37)23-15-11-16-34(33-23)27(36)24(18-22-14-10-13-20(4)17-22)31-26(35)25(19(2)3)32-29(38)40-30(6,7)8;1-16(2)21(32-25(38)40-26(4,5)6)22(35)31-20(14-18-10-7-9-17(3)13-18)23(36)34-12-8-11-19(33-34)24(37)39-15-27(28,29)30;1-2-3-4-5;;/h9-10,13-14,17,19,21,23-25,33H,1,11-12,15-16,18H2,2-8H3,(H,31,35)(H,32,38);7,9-10,13,16,19-21,33H,8,11-12,14-15H2,1-6H3,(H,31,35)(H,32,38);2,5H,1,3-4H2;;/q;;;+1;-1/t21-,23+,24+,25+;19-,20-,21-;;;/m10.../s1. The van der Waals surface area contributed by atoms with Crippen molar-refractivity contribution in [2.45, 2.75) is 199 Å². The molecule has 0 aliphatic carbocycles. The monoisotopic (exact) mass is 1270 g/mol. The molecule has 7 atom stereocenters. The van der Waals surface area contributed by atoms with Crippen molar-refractivity contribution in [2.75, 3.05) is 26.3 Å². The number of ether oxygens (including phenoxy) is 4. The molecule has 2 aliphatic heterocycles. The smallest absolute Gasteiger partial charge is 1.00 e. The molecule has 2 aliphatic rings. The largest absolute Gasteiger partial charge is 1.00 e. The number of esters is 2. The van der Waals surface area contributed by atoms with Crippen molar-refractivity contribution < 1.29 is 93.4 Å². The van der Waals surface area contributed by atoms with Gasteiger partial charge in [-0.15, -0.1) is 13.2 Å². The predicted molar refractivity (Wildman–Crippen MR) is 330 cm³/mol. The number of nitrogens with zero attached hydrogens (tertiary/aromatic N) is 2. The molecule has 25 heteroatoms. The van der Waals surface area contributed by atoms with Crippen LogP contribution in [0.15, 0.2) is 73.8 Å². The molecule has 86 heavy (non-hydrogen) atoms. The Bertz CT molecular complexity index is 2550. The van der Waals surface area contributed by atoms with E-state index in [9.17, 15) is 38.4 Å². The number of carbonyl (C=O) groups excluding carboxylic acids is 8. The molecular weight excluding hydrogens is 1180 g/mol. The first-order valence-electron chi connectivity index (χ1n) is 28.7. The summed E-state index contributed by atoms with van der Waals surface area (Å²) in [5, 5.41) is 21.6. The Labute approximate surface area is 547 Å². The van der Waals surface area contributed by atoms with Crippen LogP contribution in [-0.4, -0.2) is 147 Å². The molecule has 6 amide bonds. The molecule has 0 bridgehead atoms. The minimum atomic E-state index is -1.76. The first kappa shape index (κ1) is 79.0. The van der Waals surface area contributed by atoms with Crippen LogP contribution in [0.5, 0.6) is 0 Å². The van der Waals surface area contributed by atoms with E-state index in [1.54, 1.807) is 88.3 Å². The number of hydrogen-bond acceptors (Lipinski definition) is 15. The van der Waals surface area contributed by atoms with Crippen LogP contribution < -0.4 is 61.7 Å². The van der Waals surface area contributed by atoms with E-state index in [0.29, 0.717) is 51.6 Å². The molecule has 2 saturated heterocycles. The van der Waals surface area contributed by atoms with Gasteiger partial charge in [-0.25, -0.2) is 20.4 Å². The zero-order chi connectivity index (χ0) is 64.4. The Hall–Kier alpha value is -4.97. The van der Waals surface area contributed by atoms with E-state index in [4.69, 9.17) is 58.9 Å². The van der Waals surface area contributed by atoms with Crippen molar-refractivity contribution in [3.8, 4) is 0 Å². The van der Waals surface area contributed by atoms with Crippen molar-refractivity contribution >= 4 is 82.6 Å². The van der Waals surface area contributed by atoms with Gasteiger partial charge in [0.15, 0.2) is 0 Å². The topological polar surface area (TPSA) is 272 Å². The second-order valence-electron chi connectivity index (χ2n) is 23.7. The number of alkyl halides is 3. The fourth-order valence-electron chi connectivity index (χ4n) is 8.53. The van der Waals surface area contributed by atoms with Gasteiger partial charge in [0.05, 0.1) is 0 Å². The summed E-state index contributed by atoms with van der Waals surface area (Å²) in [7, 11) is 0. The Morgan fingerprint density at radius 1 is 0.674 bits per heavy atom. The van der Waals surface area contributed by atoms with Gasteiger partial charge in [0.1, 0.15) is 60.2 Å². The first-order valence-corrected chi connectivity index (χ1v) is 29.8. The molecule has 478 valence electrons. The van der Waals surface area contributed by atoms with Crippen LogP contribution in [-0.2, 0) is 60.6 Å². The maximum absolute atomic E-state index is 13.8. The number of hydrogen-bond donors (Lipinski definition) is 7. The molecule has 0 unspecified atom stereocenters. The van der Waals surface area contributed by atoms with Crippen LogP contribution in [0.4, 0.5) is 9.59 Å². The van der Waals surface area contributed by atoms with E-state index in [2.05, 4.69) is 45.3 Å². The first-order chi connectivity index (χ1) is 39.6. The number of benzene rings is 2. The maximum Gasteiger partial charge on any atom is 1.00 e. The maximum atomic E-state index is 13.8. The van der Waals surface area contributed by atoms with Gasteiger partial charge in [-0.3, -0.25) is 38.8 Å². The van der Waals surface area contributed by atoms with Crippen molar-refractivity contribution in [1.82, 2.24) is 42.1 Å². The number of hydrazine groups is 2. The molecular formula is C61H94Cl3N8NaO13. The molecule has 2 heterocycles. The summed E-state index contributed by atoms with van der Waals surface area (Å²) in [4.78, 5) is 104. The van der Waals surface area contributed by atoms with E-state index in [1.165, 1.54) is 10.0 Å². The van der Waals surface area contributed by atoms with E-state index < -0.39 is 99.7 Å². The zero-order valence-electron chi connectivity index (χ0n) is 53.7. The second-order valence-corrected chi connectivity index (χ2v) is 26.2. The van der Waals surface area contributed by atoms with Gasteiger partial charge in [0.25, 0.3) is 11.8 Å². The molecule has 0 radical (unpaired) electrons. The van der Waals surface area contributed by atoms with E-state index >= 15 is 0 Å². The van der Waals surface area contributed by atoms with Crippen LogP contribution in [0.2, 0.25) is 0 Å². The van der Waals surface area contributed by atoms with Crippen LogP contribution in [0.25, 0.3) is 0 Å². The summed E-state index contributed by atoms with van der Waals surface area (Å²) < 4.78 is 19.5. The number of halogens is 3. The minimum absolute atomic E-state index is 0. The van der Waals surface area contributed by atoms with E-state index in [-0.39, 0.29) is 74.3 Å². The van der Waals surface area contributed by atoms with E-state index in [1.807, 2.05) is 62.4 Å². The van der Waals surface area contributed by atoms with Crippen LogP contribution in [0.3, 0.4) is 0 Å². The number of amides is 6. The van der Waals surface area contributed by atoms with E-state index in [0.717, 1.165) is 22.3 Å². The number of aliphatic hydroxyl groups is 1. The molecule has 4 rings (SSSR count). The predicted octanol–water partition coefficient (Wildman–Crippen LogP) is 5.23. The number of alkyl carbamates (subject to hydrolysis) is 2. The molecule has 0 spiro atoms. The van der Waals surface area contributed by atoms with Crippen LogP contribution in [0.1, 0.15) is 138 Å². The number of nitrogens with one attached hydrogen (secondary N) is 6. The second kappa shape index (κ2) is 38.4. The average molecular weight is 1280 g/mol. The van der Waals surface area contributed by atoms with Crippen LogP contribution in [0, 0.1) is 25.7 Å². The minimum Gasteiger partial charge on any atom is -1.00 e. The normalized spacial score (nSPS) is 16.9. The third-order valence-electron chi connectivity index (χ3n) is 12.5.